The van der Waals surface area contributed by atoms with Crippen LogP contribution in [0.15, 0.2) is 78.9 Å². The van der Waals surface area contributed by atoms with Crippen LogP contribution in [0.3, 0.4) is 0 Å². The summed E-state index contributed by atoms with van der Waals surface area (Å²) in [4.78, 5) is 69.6. The Balaban J connectivity index is 1.13. The lowest BCUT2D eigenvalue weighted by Gasteiger charge is -2.28. The van der Waals surface area contributed by atoms with Crippen LogP contribution in [0, 0.1) is 33.8 Å². The number of aromatic nitrogens is 1. The van der Waals surface area contributed by atoms with Gasteiger partial charge in [0.25, 0.3) is 5.69 Å². The van der Waals surface area contributed by atoms with Gasteiger partial charge in [-0.25, -0.2) is 9.78 Å². The van der Waals surface area contributed by atoms with Gasteiger partial charge in [0.1, 0.15) is 0 Å². The summed E-state index contributed by atoms with van der Waals surface area (Å²) in [5.41, 5.74) is 2.12. The van der Waals surface area contributed by atoms with E-state index in [-0.39, 0.29) is 62.0 Å². The van der Waals surface area contributed by atoms with E-state index in [1.54, 1.807) is 54.6 Å². The molecular formula is C33H23Br2N3O7. The van der Waals surface area contributed by atoms with Crippen molar-refractivity contribution in [2.24, 2.45) is 23.7 Å². The van der Waals surface area contributed by atoms with Gasteiger partial charge in [-0.1, -0.05) is 74.3 Å². The van der Waals surface area contributed by atoms with Gasteiger partial charge in [0.15, 0.2) is 6.61 Å². The molecule has 0 radical (unpaired) electrons. The molecule has 3 aromatic carbocycles. The molecule has 1 saturated heterocycles. The van der Waals surface area contributed by atoms with Gasteiger partial charge in [-0.05, 0) is 42.5 Å². The second kappa shape index (κ2) is 11.3. The van der Waals surface area contributed by atoms with Crippen molar-refractivity contribution in [1.82, 2.24) is 4.98 Å². The third-order valence-electron chi connectivity index (χ3n) is 9.06. The summed E-state index contributed by atoms with van der Waals surface area (Å²) in [6.45, 7) is -0.603. The Morgan fingerprint density at radius 3 is 2.24 bits per heavy atom. The van der Waals surface area contributed by atoms with Crippen LogP contribution in [-0.2, 0) is 14.3 Å². The molecule has 0 N–H and O–H groups in total. The van der Waals surface area contributed by atoms with E-state index in [0.717, 1.165) is 12.5 Å². The molecule has 45 heavy (non-hydrogen) atoms. The third kappa shape index (κ3) is 4.87. The number of ketones is 1. The van der Waals surface area contributed by atoms with Crippen molar-refractivity contribution in [2.45, 2.75) is 16.1 Å². The molecule has 1 aliphatic heterocycles. The van der Waals surface area contributed by atoms with E-state index >= 15 is 0 Å². The molecule has 12 heteroatoms. The molecule has 3 fully saturated rings. The Morgan fingerprint density at radius 1 is 0.911 bits per heavy atom. The van der Waals surface area contributed by atoms with Crippen molar-refractivity contribution in [3.63, 3.8) is 0 Å². The summed E-state index contributed by atoms with van der Waals surface area (Å²) in [5.74, 6) is -2.07. The number of ether oxygens (including phenoxy) is 1. The highest BCUT2D eigenvalue weighted by molar-refractivity contribution is 9.12. The number of hydrogen-bond acceptors (Lipinski definition) is 8. The van der Waals surface area contributed by atoms with Crippen LogP contribution < -0.4 is 4.90 Å². The molecule has 2 saturated carbocycles. The lowest BCUT2D eigenvalue weighted by atomic mass is 9.81. The minimum Gasteiger partial charge on any atom is -0.454 e. The number of nitro benzene ring substituents is 1. The first-order valence-corrected chi connectivity index (χ1v) is 16.1. The fourth-order valence-corrected chi connectivity index (χ4v) is 8.84. The van der Waals surface area contributed by atoms with Crippen molar-refractivity contribution in [3.8, 4) is 11.3 Å². The molecule has 4 aromatic rings. The van der Waals surface area contributed by atoms with Crippen LogP contribution in [0.1, 0.15) is 27.1 Å². The SMILES string of the molecule is O=C(COC(=O)c1cc(-c2ccc(N3C(=O)C4C5CC(C(Br)C5Br)C4C3=O)cc2)nc2ccccc12)c1cccc([N+](=O)[O-])c1. The quantitative estimate of drug-likeness (QED) is 0.0553. The van der Waals surface area contributed by atoms with Gasteiger partial charge < -0.3 is 4.74 Å². The number of halogens is 2. The van der Waals surface area contributed by atoms with E-state index in [2.05, 4.69) is 31.9 Å². The summed E-state index contributed by atoms with van der Waals surface area (Å²) in [6.07, 6.45) is 0.854. The predicted octanol–water partition coefficient (Wildman–Crippen LogP) is 6.13. The zero-order valence-corrected chi connectivity index (χ0v) is 26.5. The monoisotopic (exact) mass is 731 g/mol. The largest absolute Gasteiger partial charge is 0.454 e. The highest BCUT2D eigenvalue weighted by Gasteiger charge is 2.66. The number of carbonyl (C=O) groups excluding carboxylic acids is 4. The summed E-state index contributed by atoms with van der Waals surface area (Å²) in [6, 6.07) is 20.7. The van der Waals surface area contributed by atoms with Gasteiger partial charge in [0.05, 0.1) is 39.2 Å². The lowest BCUT2D eigenvalue weighted by Crippen LogP contribution is -2.37. The van der Waals surface area contributed by atoms with Gasteiger partial charge in [0, 0.05) is 38.3 Å². The van der Waals surface area contributed by atoms with E-state index < -0.39 is 23.3 Å². The van der Waals surface area contributed by atoms with E-state index in [1.807, 2.05) is 0 Å². The number of alkyl halides is 2. The number of hydrogen-bond donors (Lipinski definition) is 0. The van der Waals surface area contributed by atoms with E-state index in [4.69, 9.17) is 9.72 Å². The summed E-state index contributed by atoms with van der Waals surface area (Å²) >= 11 is 7.43. The number of anilines is 1. The van der Waals surface area contributed by atoms with Crippen molar-refractivity contribution in [3.05, 3.63) is 100 Å². The van der Waals surface area contributed by atoms with Crippen LogP contribution in [0.5, 0.6) is 0 Å². The van der Waals surface area contributed by atoms with Crippen molar-refractivity contribution < 1.29 is 28.8 Å². The van der Waals surface area contributed by atoms with Gasteiger partial charge in [-0.2, -0.15) is 0 Å². The summed E-state index contributed by atoms with van der Waals surface area (Å²) in [7, 11) is 0. The molecule has 7 rings (SSSR count). The number of nitrogens with zero attached hydrogens (tertiary/aromatic N) is 3. The van der Waals surface area contributed by atoms with Gasteiger partial charge >= 0.3 is 5.97 Å². The van der Waals surface area contributed by atoms with E-state index in [1.165, 1.54) is 23.1 Å². The second-order valence-electron chi connectivity index (χ2n) is 11.4. The van der Waals surface area contributed by atoms with Crippen LogP contribution in [0.25, 0.3) is 22.2 Å². The number of nitro groups is 1. The van der Waals surface area contributed by atoms with Crippen molar-refractivity contribution in [1.29, 1.82) is 0 Å². The molecule has 2 amide bonds. The number of para-hydroxylation sites is 1. The Kier molecular flexibility index (Phi) is 7.36. The van der Waals surface area contributed by atoms with Gasteiger partial charge in [0.2, 0.25) is 17.6 Å². The molecule has 6 unspecified atom stereocenters. The number of esters is 1. The van der Waals surface area contributed by atoms with Crippen LogP contribution in [0.2, 0.25) is 0 Å². The summed E-state index contributed by atoms with van der Waals surface area (Å²) < 4.78 is 5.35. The van der Waals surface area contributed by atoms with E-state index in [0.29, 0.717) is 27.8 Å². The normalized spacial score (nSPS) is 25.1. The first-order chi connectivity index (χ1) is 21.6. The highest BCUT2D eigenvalue weighted by atomic mass is 79.9. The maximum atomic E-state index is 13.5. The number of pyridine rings is 1. The number of carbonyl (C=O) groups is 4. The van der Waals surface area contributed by atoms with Crippen LogP contribution in [0.4, 0.5) is 11.4 Å². The first-order valence-electron chi connectivity index (χ1n) is 14.2. The molecule has 6 atom stereocenters. The van der Waals surface area contributed by atoms with Crippen LogP contribution >= 0.6 is 31.9 Å². The maximum absolute atomic E-state index is 13.5. The van der Waals surface area contributed by atoms with Gasteiger partial charge in [-0.3, -0.25) is 29.4 Å². The standard InChI is InChI=1S/C33H23Br2N3O7/c34-29-22-13-23(30(29)35)28-27(22)31(40)37(32(28)41)18-10-8-16(9-11-18)25-14-21(20-6-1-2-7-24(20)36-25)33(42)45-15-26(39)17-4-3-5-19(12-17)38(43)44/h1-12,14,22-23,27-30H,13,15H2. The lowest BCUT2D eigenvalue weighted by molar-refractivity contribution is -0.384. The molecule has 10 nitrogen and oxygen atoms in total. The fourth-order valence-electron chi connectivity index (χ4n) is 6.96. The average Bonchev–Trinajstić information content (AvgIpc) is 3.67. The Hall–Kier alpha value is -4.29. The maximum Gasteiger partial charge on any atom is 0.339 e. The Labute approximate surface area is 273 Å². The smallest absolute Gasteiger partial charge is 0.339 e. The van der Waals surface area contributed by atoms with Crippen molar-refractivity contribution >= 4 is 77.7 Å². The molecule has 1 aromatic heterocycles. The predicted molar refractivity (Wildman–Crippen MR) is 171 cm³/mol. The second-order valence-corrected chi connectivity index (χ2v) is 13.6. The highest BCUT2D eigenvalue weighted by Crippen LogP contribution is 2.60. The molecule has 2 bridgehead atoms. The molecule has 3 aliphatic rings. The average molecular weight is 733 g/mol. The fraction of sp³-hybridized carbons (Fsp3) is 0.242. The van der Waals surface area contributed by atoms with Gasteiger partial charge in [-0.15, -0.1) is 0 Å². The van der Waals surface area contributed by atoms with Crippen molar-refractivity contribution in [2.75, 3.05) is 11.5 Å². The number of Topliss-reactive ketones (excluding diaryl/α,β-unsaturated/α-hetero) is 1. The number of imide groups is 1. The minimum absolute atomic E-state index is 0.0580. The zero-order chi connectivity index (χ0) is 31.6. The molecule has 2 heterocycles. The number of rotatable bonds is 7. The Bertz CT molecular complexity index is 1900. The first kappa shape index (κ1) is 29.4. The van der Waals surface area contributed by atoms with Crippen LogP contribution in [-0.4, -0.2) is 49.7 Å². The number of non-ortho nitro benzene ring substituents is 1. The molecule has 0 spiro atoms. The molecule has 226 valence electrons. The summed E-state index contributed by atoms with van der Waals surface area (Å²) in [5, 5.41) is 11.6. The third-order valence-corrected chi connectivity index (χ3v) is 12.3. The number of fused-ring (bicyclic) bond motifs is 6. The minimum atomic E-state index is -0.755. The molecule has 2 aliphatic carbocycles. The van der Waals surface area contributed by atoms with E-state index in [9.17, 15) is 29.3 Å². The number of benzene rings is 3. The molecular weight excluding hydrogens is 710 g/mol. The zero-order valence-electron chi connectivity index (χ0n) is 23.3. The Morgan fingerprint density at radius 2 is 1.58 bits per heavy atom. The number of amides is 2. The topological polar surface area (TPSA) is 137 Å².